The summed E-state index contributed by atoms with van der Waals surface area (Å²) in [5.41, 5.74) is 0.866. The Morgan fingerprint density at radius 3 is 2.72 bits per heavy atom. The van der Waals surface area contributed by atoms with Gasteiger partial charge < -0.3 is 19.5 Å². The molecule has 0 bridgehead atoms. The van der Waals surface area contributed by atoms with Crippen LogP contribution in [-0.4, -0.2) is 32.9 Å². The lowest BCUT2D eigenvalue weighted by Crippen LogP contribution is -2.32. The van der Waals surface area contributed by atoms with Gasteiger partial charge in [0.15, 0.2) is 0 Å². The van der Waals surface area contributed by atoms with Crippen molar-refractivity contribution >= 4 is 12.1 Å². The molecule has 1 amide bonds. The summed E-state index contributed by atoms with van der Waals surface area (Å²) < 4.78 is 14.9. The van der Waals surface area contributed by atoms with Crippen molar-refractivity contribution in [3.05, 3.63) is 54.6 Å². The lowest BCUT2D eigenvalue weighted by atomic mass is 9.93. The molecule has 1 N–H and O–H groups in total. The molecule has 0 unspecified atom stereocenters. The molecule has 0 spiro atoms. The molecule has 0 fully saturated rings. The molecule has 1 aromatic carbocycles. The van der Waals surface area contributed by atoms with Crippen molar-refractivity contribution in [3.63, 3.8) is 0 Å². The average Bonchev–Trinajstić information content (AvgIpc) is 2.63. The Hall–Kier alpha value is -2.76. The number of amides is 1. The van der Waals surface area contributed by atoms with E-state index in [9.17, 15) is 9.59 Å². The number of alkyl carbamates (subject to hydrolysis) is 1. The molecule has 0 saturated carbocycles. The maximum atomic E-state index is 12.0. The Balaban J connectivity index is 2.94. The van der Waals surface area contributed by atoms with Crippen LogP contribution in [0.4, 0.5) is 4.79 Å². The van der Waals surface area contributed by atoms with Crippen LogP contribution >= 0.6 is 0 Å². The molecule has 1 rings (SSSR count). The smallest absolute Gasteiger partial charge is 0.407 e. The van der Waals surface area contributed by atoms with Gasteiger partial charge in [0.25, 0.3) is 0 Å². The molecule has 6 nitrogen and oxygen atoms in total. The maximum Gasteiger partial charge on any atom is 0.407 e. The van der Waals surface area contributed by atoms with Crippen molar-refractivity contribution in [3.8, 4) is 5.75 Å². The highest BCUT2D eigenvalue weighted by Gasteiger charge is 2.21. The van der Waals surface area contributed by atoms with Gasteiger partial charge in [-0.3, -0.25) is 4.79 Å². The number of rotatable bonds is 9. The second-order valence-electron chi connectivity index (χ2n) is 5.35. The van der Waals surface area contributed by atoms with Gasteiger partial charge in [0, 0.05) is 0 Å². The Morgan fingerprint density at radius 2 is 2.08 bits per heavy atom. The molecule has 0 aliphatic rings. The molecular weight excluding hydrogens is 322 g/mol. The van der Waals surface area contributed by atoms with Crippen LogP contribution in [-0.2, 0) is 14.3 Å². The number of carbonyl (C=O) groups excluding carboxylic acids is 2. The van der Waals surface area contributed by atoms with E-state index in [2.05, 4.69) is 16.6 Å². The fourth-order valence-electron chi connectivity index (χ4n) is 2.23. The number of esters is 1. The average molecular weight is 347 g/mol. The summed E-state index contributed by atoms with van der Waals surface area (Å²) in [6.07, 6.45) is 4.71. The van der Waals surface area contributed by atoms with Crippen LogP contribution in [0.5, 0.6) is 5.75 Å². The van der Waals surface area contributed by atoms with Gasteiger partial charge in [-0.25, -0.2) is 4.79 Å². The summed E-state index contributed by atoms with van der Waals surface area (Å²) in [5, 5.41) is 2.84. The highest BCUT2D eigenvalue weighted by molar-refractivity contribution is 5.71. The van der Waals surface area contributed by atoms with Crippen molar-refractivity contribution in [2.45, 2.75) is 19.4 Å². The lowest BCUT2D eigenvalue weighted by molar-refractivity contribution is -0.139. The molecular formula is C19H25NO5. The fourth-order valence-corrected chi connectivity index (χ4v) is 2.23. The second kappa shape index (κ2) is 10.9. The first-order valence-corrected chi connectivity index (χ1v) is 7.93. The highest BCUT2D eigenvalue weighted by Crippen LogP contribution is 2.26. The predicted molar refractivity (Wildman–Crippen MR) is 95.4 cm³/mol. The number of hydrogen-bond acceptors (Lipinski definition) is 5. The number of carbonyl (C=O) groups is 2. The number of hydrogen-bond donors (Lipinski definition) is 1. The van der Waals surface area contributed by atoms with Crippen LogP contribution in [0.1, 0.15) is 24.9 Å². The molecule has 0 radical (unpaired) electrons. The molecule has 25 heavy (non-hydrogen) atoms. The van der Waals surface area contributed by atoms with E-state index in [0.29, 0.717) is 5.75 Å². The third-order valence-corrected chi connectivity index (χ3v) is 3.54. The van der Waals surface area contributed by atoms with Crippen LogP contribution in [0.25, 0.3) is 0 Å². The van der Waals surface area contributed by atoms with E-state index in [1.54, 1.807) is 13.2 Å². The van der Waals surface area contributed by atoms with Crippen LogP contribution in [0.15, 0.2) is 49.1 Å². The van der Waals surface area contributed by atoms with E-state index in [1.165, 1.54) is 13.2 Å². The summed E-state index contributed by atoms with van der Waals surface area (Å²) in [6.45, 7) is 5.58. The van der Waals surface area contributed by atoms with Crippen LogP contribution < -0.4 is 10.1 Å². The zero-order valence-electron chi connectivity index (χ0n) is 14.9. The van der Waals surface area contributed by atoms with Crippen molar-refractivity contribution in [2.24, 2.45) is 5.92 Å². The largest absolute Gasteiger partial charge is 0.497 e. The van der Waals surface area contributed by atoms with Gasteiger partial charge in [-0.15, -0.1) is 0 Å². The third kappa shape index (κ3) is 7.12. The van der Waals surface area contributed by atoms with Crippen LogP contribution in [0, 0.1) is 5.92 Å². The van der Waals surface area contributed by atoms with Gasteiger partial charge in [0.2, 0.25) is 0 Å². The summed E-state index contributed by atoms with van der Waals surface area (Å²) in [5.74, 6) is 0.280. The van der Waals surface area contributed by atoms with E-state index < -0.39 is 6.09 Å². The van der Waals surface area contributed by atoms with Crippen molar-refractivity contribution in [1.29, 1.82) is 0 Å². The van der Waals surface area contributed by atoms with Gasteiger partial charge >= 0.3 is 12.1 Å². The van der Waals surface area contributed by atoms with Crippen LogP contribution in [0.2, 0.25) is 0 Å². The normalized spacial score (nSPS) is 12.9. The molecule has 2 atom stereocenters. The second-order valence-corrected chi connectivity index (χ2v) is 5.35. The van der Waals surface area contributed by atoms with E-state index in [-0.39, 0.29) is 31.0 Å². The first-order valence-electron chi connectivity index (χ1n) is 7.93. The number of nitrogens with one attached hydrogen (secondary N) is 1. The van der Waals surface area contributed by atoms with Crippen LogP contribution in [0.3, 0.4) is 0 Å². The Labute approximate surface area is 148 Å². The summed E-state index contributed by atoms with van der Waals surface area (Å²) in [4.78, 5) is 23.2. The SMILES string of the molecule is C=CCOC(=O)N[C@H](c1cccc(OC)c1)[C@H](C)/C=C/CC(=O)OC. The first-order chi connectivity index (χ1) is 12.0. The number of benzene rings is 1. The summed E-state index contributed by atoms with van der Waals surface area (Å²) >= 11 is 0. The first kappa shape index (κ1) is 20.3. The van der Waals surface area contributed by atoms with E-state index in [4.69, 9.17) is 9.47 Å². The minimum atomic E-state index is -0.541. The zero-order chi connectivity index (χ0) is 18.7. The predicted octanol–water partition coefficient (Wildman–Crippen LogP) is 3.40. The standard InChI is InChI=1S/C19H25NO5/c1-5-12-25-19(22)20-18(14(2)8-6-11-17(21)24-4)15-9-7-10-16(13-15)23-3/h5-10,13-14,18H,1,11-12H2,2-4H3,(H,20,22)/b8-6+/t14-,18+/m1/s1. The van der Waals surface area contributed by atoms with Gasteiger partial charge in [-0.1, -0.05) is 43.9 Å². The number of methoxy groups -OCH3 is 2. The fraction of sp³-hybridized carbons (Fsp3) is 0.368. The Bertz CT molecular complexity index is 612. The summed E-state index contributed by atoms with van der Waals surface area (Å²) in [6, 6.07) is 7.08. The van der Waals surface area contributed by atoms with Gasteiger partial charge in [0.05, 0.1) is 26.7 Å². The molecule has 1 aromatic rings. The monoisotopic (exact) mass is 347 g/mol. The molecule has 0 aliphatic carbocycles. The Kier molecular flexibility index (Phi) is 8.85. The lowest BCUT2D eigenvalue weighted by Gasteiger charge is -2.23. The van der Waals surface area contributed by atoms with Crippen molar-refractivity contribution < 1.29 is 23.8 Å². The molecule has 0 aliphatic heterocycles. The quantitative estimate of drug-likeness (QED) is 0.547. The van der Waals surface area contributed by atoms with Crippen molar-refractivity contribution in [1.82, 2.24) is 5.32 Å². The van der Waals surface area contributed by atoms with E-state index in [0.717, 1.165) is 5.56 Å². The molecule has 0 saturated heterocycles. The minimum Gasteiger partial charge on any atom is -0.497 e. The van der Waals surface area contributed by atoms with E-state index >= 15 is 0 Å². The third-order valence-electron chi connectivity index (χ3n) is 3.54. The Morgan fingerprint density at radius 1 is 1.32 bits per heavy atom. The molecule has 136 valence electrons. The number of ether oxygens (including phenoxy) is 3. The van der Waals surface area contributed by atoms with Gasteiger partial charge in [-0.2, -0.15) is 0 Å². The zero-order valence-corrected chi connectivity index (χ0v) is 14.9. The topological polar surface area (TPSA) is 73.9 Å². The van der Waals surface area contributed by atoms with Crippen molar-refractivity contribution in [2.75, 3.05) is 20.8 Å². The van der Waals surface area contributed by atoms with Gasteiger partial charge in [-0.05, 0) is 23.6 Å². The molecule has 0 heterocycles. The van der Waals surface area contributed by atoms with Gasteiger partial charge in [0.1, 0.15) is 12.4 Å². The summed E-state index contributed by atoms with van der Waals surface area (Å²) in [7, 11) is 2.93. The highest BCUT2D eigenvalue weighted by atomic mass is 16.5. The molecule has 0 aromatic heterocycles. The minimum absolute atomic E-state index is 0.0898. The molecule has 6 heteroatoms. The van der Waals surface area contributed by atoms with E-state index in [1.807, 2.05) is 37.3 Å². The maximum absolute atomic E-state index is 12.0.